The molecule has 0 saturated heterocycles. The van der Waals surface area contributed by atoms with Gasteiger partial charge < -0.3 is 20.4 Å². The summed E-state index contributed by atoms with van der Waals surface area (Å²) in [6.45, 7) is 8.19. The fourth-order valence-corrected chi connectivity index (χ4v) is 7.38. The summed E-state index contributed by atoms with van der Waals surface area (Å²) in [6, 6.07) is 0. The molecule has 5 saturated carbocycles. The second-order valence-electron chi connectivity index (χ2n) is 9.59. The van der Waals surface area contributed by atoms with Crippen molar-refractivity contribution >= 4 is 5.78 Å². The van der Waals surface area contributed by atoms with E-state index in [2.05, 4.69) is 20.4 Å². The molecule has 0 unspecified atom stereocenters. The van der Waals surface area contributed by atoms with E-state index in [1.165, 1.54) is 0 Å². The van der Waals surface area contributed by atoms with Gasteiger partial charge in [0.2, 0.25) is 0 Å². The van der Waals surface area contributed by atoms with Crippen molar-refractivity contribution in [3.63, 3.8) is 0 Å². The van der Waals surface area contributed by atoms with E-state index in [9.17, 15) is 25.2 Å². The first-order valence-electron chi connectivity index (χ1n) is 9.53. The van der Waals surface area contributed by atoms with Crippen LogP contribution in [0.4, 0.5) is 0 Å². The minimum atomic E-state index is -1.34. The van der Waals surface area contributed by atoms with E-state index in [0.717, 1.165) is 19.3 Å². The summed E-state index contributed by atoms with van der Waals surface area (Å²) < 4.78 is 0. The second kappa shape index (κ2) is 5.16. The van der Waals surface area contributed by atoms with Crippen LogP contribution in [0.1, 0.15) is 46.0 Å². The quantitative estimate of drug-likeness (QED) is 0.530. The highest BCUT2D eigenvalue weighted by atomic mass is 16.3. The zero-order valence-corrected chi connectivity index (χ0v) is 15.1. The van der Waals surface area contributed by atoms with Gasteiger partial charge in [-0.15, -0.1) is 0 Å². The Bertz CT molecular complexity index is 632. The van der Waals surface area contributed by atoms with E-state index in [-0.39, 0.29) is 35.1 Å². The van der Waals surface area contributed by atoms with Gasteiger partial charge in [0.25, 0.3) is 0 Å². The van der Waals surface area contributed by atoms with E-state index in [0.29, 0.717) is 18.4 Å². The van der Waals surface area contributed by atoms with Crippen LogP contribution in [-0.2, 0) is 4.79 Å². The van der Waals surface area contributed by atoms with Crippen LogP contribution in [0, 0.1) is 34.0 Å². The molecule has 5 nitrogen and oxygen atoms in total. The van der Waals surface area contributed by atoms with E-state index in [4.69, 9.17) is 0 Å². The average molecular weight is 350 g/mol. The second-order valence-corrected chi connectivity index (χ2v) is 9.59. The van der Waals surface area contributed by atoms with Gasteiger partial charge in [0, 0.05) is 12.5 Å². The molecule has 5 aliphatic rings. The van der Waals surface area contributed by atoms with Crippen LogP contribution in [0.25, 0.3) is 0 Å². The van der Waals surface area contributed by atoms with Crippen LogP contribution in [0.2, 0.25) is 0 Å². The lowest BCUT2D eigenvalue weighted by atomic mass is 9.35. The molecule has 9 atom stereocenters. The largest absolute Gasteiger partial charge is 0.396 e. The molecule has 140 valence electrons. The third kappa shape index (κ3) is 1.81. The molecule has 5 fully saturated rings. The number of fused-ring (bicyclic) bond motifs is 3. The number of aliphatic hydroxyl groups excluding tert-OH is 4. The van der Waals surface area contributed by atoms with E-state index < -0.39 is 29.6 Å². The molecule has 0 radical (unpaired) electrons. The smallest absolute Gasteiger partial charge is 0.170 e. The van der Waals surface area contributed by atoms with Gasteiger partial charge >= 0.3 is 0 Å². The monoisotopic (exact) mass is 350 g/mol. The minimum Gasteiger partial charge on any atom is -0.396 e. The van der Waals surface area contributed by atoms with Gasteiger partial charge in [0.1, 0.15) is 0 Å². The molecule has 0 aromatic heterocycles. The number of hydrogen-bond donors (Lipinski definition) is 4. The minimum absolute atomic E-state index is 0.0644. The van der Waals surface area contributed by atoms with Crippen molar-refractivity contribution < 1.29 is 25.2 Å². The number of carbonyl (C=O) groups is 1. The summed E-state index contributed by atoms with van der Waals surface area (Å²) in [4.78, 5) is 13.2. The van der Waals surface area contributed by atoms with Crippen LogP contribution in [0.15, 0.2) is 12.2 Å². The first-order valence-corrected chi connectivity index (χ1v) is 9.53. The van der Waals surface area contributed by atoms with Gasteiger partial charge in [-0.2, -0.15) is 0 Å². The van der Waals surface area contributed by atoms with Crippen molar-refractivity contribution in [2.45, 2.75) is 64.3 Å². The summed E-state index contributed by atoms with van der Waals surface area (Å²) in [5.41, 5.74) is -1.51. The number of Topliss-reactive ketones (excluding diaryl/α,β-unsaturated/α-hetero) is 1. The van der Waals surface area contributed by atoms with Gasteiger partial charge in [-0.3, -0.25) is 4.79 Å². The van der Waals surface area contributed by atoms with Crippen LogP contribution in [-0.4, -0.2) is 51.1 Å². The third-order valence-corrected chi connectivity index (χ3v) is 8.69. The lowest BCUT2D eigenvalue weighted by Crippen LogP contribution is -2.76. The molecule has 1 spiro atoms. The molecule has 0 aromatic carbocycles. The summed E-state index contributed by atoms with van der Waals surface area (Å²) in [7, 11) is 0. The first kappa shape index (κ1) is 17.7. The van der Waals surface area contributed by atoms with Gasteiger partial charge in [-0.05, 0) is 53.9 Å². The third-order valence-electron chi connectivity index (χ3n) is 8.69. The van der Waals surface area contributed by atoms with Crippen molar-refractivity contribution in [2.24, 2.45) is 34.0 Å². The Morgan fingerprint density at radius 3 is 2.44 bits per heavy atom. The molecule has 0 aliphatic heterocycles. The maximum atomic E-state index is 13.2. The highest BCUT2D eigenvalue weighted by Gasteiger charge is 2.74. The lowest BCUT2D eigenvalue weighted by Gasteiger charge is -2.70. The van der Waals surface area contributed by atoms with E-state index in [1.807, 2.05) is 0 Å². The molecule has 25 heavy (non-hydrogen) atoms. The van der Waals surface area contributed by atoms with Gasteiger partial charge in [-0.1, -0.05) is 26.8 Å². The van der Waals surface area contributed by atoms with Crippen molar-refractivity contribution in [2.75, 3.05) is 6.61 Å². The normalized spacial score (nSPS) is 58.0. The Balaban J connectivity index is 1.88. The fourth-order valence-electron chi connectivity index (χ4n) is 7.38. The Kier molecular flexibility index (Phi) is 3.64. The molecule has 0 heterocycles. The predicted molar refractivity (Wildman–Crippen MR) is 91.5 cm³/mol. The molecule has 5 heteroatoms. The van der Waals surface area contributed by atoms with Crippen LogP contribution in [0.3, 0.4) is 0 Å². The lowest BCUT2D eigenvalue weighted by molar-refractivity contribution is -0.267. The summed E-state index contributed by atoms with van der Waals surface area (Å²) >= 11 is 0. The first-order chi connectivity index (χ1) is 11.6. The van der Waals surface area contributed by atoms with Crippen LogP contribution < -0.4 is 0 Å². The summed E-state index contributed by atoms with van der Waals surface area (Å²) in [6.07, 6.45) is 0.438. The molecule has 0 aromatic rings. The number of hydrogen-bond acceptors (Lipinski definition) is 5. The van der Waals surface area contributed by atoms with E-state index in [1.54, 1.807) is 0 Å². The maximum absolute atomic E-state index is 13.2. The Morgan fingerprint density at radius 1 is 1.12 bits per heavy atom. The zero-order chi connectivity index (χ0) is 18.4. The van der Waals surface area contributed by atoms with Crippen molar-refractivity contribution in [3.05, 3.63) is 12.2 Å². The van der Waals surface area contributed by atoms with Crippen molar-refractivity contribution in [1.82, 2.24) is 0 Å². The molecule has 5 rings (SSSR count). The zero-order valence-electron chi connectivity index (χ0n) is 15.1. The van der Waals surface area contributed by atoms with Crippen LogP contribution >= 0.6 is 0 Å². The molecule has 5 aliphatic carbocycles. The Morgan fingerprint density at radius 2 is 1.80 bits per heavy atom. The number of carbonyl (C=O) groups excluding carboxylic acids is 1. The fraction of sp³-hybridized carbons (Fsp3) is 0.850. The Labute approximate surface area is 148 Å². The van der Waals surface area contributed by atoms with Gasteiger partial charge in [-0.25, -0.2) is 0 Å². The molecule has 4 N–H and O–H groups in total. The highest BCUT2D eigenvalue weighted by Crippen LogP contribution is 2.70. The summed E-state index contributed by atoms with van der Waals surface area (Å²) in [5.74, 6) is -0.787. The van der Waals surface area contributed by atoms with Gasteiger partial charge in [0.05, 0.1) is 23.7 Å². The molecule has 0 amide bonds. The Hall–Kier alpha value is -0.750. The SMILES string of the molecule is C=C1C(=O)[C@@]23[C@H](O)C[C@@H]4[C@@](C)(CO)CCC[C@]4(C)[C@@H]2C[C@@H]1[C@H](O)[C@H]3O. The highest BCUT2D eigenvalue weighted by molar-refractivity contribution is 6.03. The van der Waals surface area contributed by atoms with Gasteiger partial charge in [0.15, 0.2) is 5.78 Å². The van der Waals surface area contributed by atoms with Crippen molar-refractivity contribution in [1.29, 1.82) is 0 Å². The molecular weight excluding hydrogens is 320 g/mol. The summed E-state index contributed by atoms with van der Waals surface area (Å²) in [5, 5.41) is 42.6. The maximum Gasteiger partial charge on any atom is 0.170 e. The standard InChI is InChI=1S/C20H30O5/c1-10-11-7-13-19(3)6-4-5-18(2,9-21)12(19)8-14(22)20(13,16(10)24)17(25)15(11)23/h11-15,17,21-23,25H,1,4-9H2,2-3H3/t11-,12+,13-,14+,15-,17+,18+,19-,20-/m0/s1. The molecule has 2 bridgehead atoms. The number of rotatable bonds is 1. The predicted octanol–water partition coefficient (Wildman–Crippen LogP) is 1.04. The van der Waals surface area contributed by atoms with E-state index >= 15 is 0 Å². The average Bonchev–Trinajstić information content (AvgIpc) is 2.57. The van der Waals surface area contributed by atoms with Crippen molar-refractivity contribution in [3.8, 4) is 0 Å². The van der Waals surface area contributed by atoms with Crippen LogP contribution in [0.5, 0.6) is 0 Å². The number of ketones is 1. The number of aliphatic hydroxyl groups is 4. The topological polar surface area (TPSA) is 98.0 Å². The molecular formula is C20H30O5.